The smallest absolute Gasteiger partial charge is 0.150 e. The Morgan fingerprint density at radius 3 is 2.52 bits per heavy atom. The van der Waals surface area contributed by atoms with Gasteiger partial charge in [-0.3, -0.25) is 4.90 Å². The number of aromatic hydroxyl groups is 1. The summed E-state index contributed by atoms with van der Waals surface area (Å²) >= 11 is 7.15. The predicted molar refractivity (Wildman–Crippen MR) is 164 cm³/mol. The third-order valence-electron chi connectivity index (χ3n) is 8.75. The van der Waals surface area contributed by atoms with Crippen LogP contribution in [0.15, 0.2) is 60.7 Å². The molecule has 2 fully saturated rings. The van der Waals surface area contributed by atoms with Gasteiger partial charge in [-0.2, -0.15) is 0 Å². The van der Waals surface area contributed by atoms with Gasteiger partial charge in [0, 0.05) is 42.4 Å². The standard InChI is InChI=1S/C34H39ClN2O3/c1-22-15-18-37(20-22)23(2)21-39-27-12-9-25(10-13-27)34-32(24(3)29-19-26(38)11-14-31(29)40-34)28-7-6-8-30(33(28)35)36-16-4-5-17-36/h6-14,19,22-23,34,38H,4-5,15-18,20-21H2,1-3H3/t22-,23+,34?/m1/s1. The molecule has 3 aromatic rings. The van der Waals surface area contributed by atoms with Crippen LogP contribution >= 0.6 is 11.6 Å². The van der Waals surface area contributed by atoms with Gasteiger partial charge in [-0.05, 0) is 93.1 Å². The van der Waals surface area contributed by atoms with E-state index >= 15 is 0 Å². The van der Waals surface area contributed by atoms with E-state index in [4.69, 9.17) is 21.1 Å². The number of nitrogens with zero attached hydrogens (tertiary/aromatic N) is 2. The van der Waals surface area contributed by atoms with E-state index in [9.17, 15) is 5.11 Å². The SMILES string of the molecule is CC1=C(c2cccc(N3CCCC3)c2Cl)C(c2ccc(OC[C@H](C)N3CC[C@@H](C)C3)cc2)Oc2ccc(O)cc21. The van der Waals surface area contributed by atoms with E-state index in [-0.39, 0.29) is 11.9 Å². The molecule has 0 saturated carbocycles. The van der Waals surface area contributed by atoms with Crippen LogP contribution in [0, 0.1) is 5.92 Å². The number of ether oxygens (including phenoxy) is 2. The lowest BCUT2D eigenvalue weighted by molar-refractivity contribution is 0.169. The number of allylic oxidation sites excluding steroid dienone is 1. The van der Waals surface area contributed by atoms with Crippen LogP contribution in [0.25, 0.3) is 11.1 Å². The van der Waals surface area contributed by atoms with Crippen LogP contribution in [0.2, 0.25) is 5.02 Å². The van der Waals surface area contributed by atoms with Crippen molar-refractivity contribution in [2.24, 2.45) is 5.92 Å². The van der Waals surface area contributed by atoms with E-state index < -0.39 is 0 Å². The van der Waals surface area contributed by atoms with Crippen molar-refractivity contribution in [3.8, 4) is 17.2 Å². The summed E-state index contributed by atoms with van der Waals surface area (Å²) < 4.78 is 12.9. The second-order valence-electron chi connectivity index (χ2n) is 11.7. The predicted octanol–water partition coefficient (Wildman–Crippen LogP) is 7.82. The van der Waals surface area contributed by atoms with Crippen molar-refractivity contribution >= 4 is 28.4 Å². The van der Waals surface area contributed by atoms with Crippen molar-refractivity contribution in [1.29, 1.82) is 0 Å². The van der Waals surface area contributed by atoms with Gasteiger partial charge in [-0.1, -0.05) is 42.8 Å². The maximum Gasteiger partial charge on any atom is 0.150 e. The molecule has 1 unspecified atom stereocenters. The summed E-state index contributed by atoms with van der Waals surface area (Å²) in [5, 5.41) is 11.0. The molecule has 210 valence electrons. The summed E-state index contributed by atoms with van der Waals surface area (Å²) in [6.45, 7) is 11.7. The molecular formula is C34H39ClN2O3. The zero-order valence-electron chi connectivity index (χ0n) is 23.7. The average Bonchev–Trinajstić information content (AvgIpc) is 3.65. The van der Waals surface area contributed by atoms with E-state index in [1.54, 1.807) is 12.1 Å². The second kappa shape index (κ2) is 11.4. The average molecular weight is 559 g/mol. The van der Waals surface area contributed by atoms with Crippen LogP contribution in [0.4, 0.5) is 5.69 Å². The van der Waals surface area contributed by atoms with Crippen molar-refractivity contribution in [3.63, 3.8) is 0 Å². The summed E-state index contributed by atoms with van der Waals surface area (Å²) in [6.07, 6.45) is 3.29. The van der Waals surface area contributed by atoms with E-state index in [0.29, 0.717) is 12.6 Å². The van der Waals surface area contributed by atoms with E-state index in [1.165, 1.54) is 19.3 Å². The number of phenols is 1. The zero-order chi connectivity index (χ0) is 27.8. The Kier molecular flexibility index (Phi) is 7.69. The van der Waals surface area contributed by atoms with E-state index in [0.717, 1.165) is 82.1 Å². The van der Waals surface area contributed by atoms with Crippen molar-refractivity contribution in [2.45, 2.75) is 52.2 Å². The fourth-order valence-electron chi connectivity index (χ4n) is 6.38. The van der Waals surface area contributed by atoms with Gasteiger partial charge in [0.1, 0.15) is 30.0 Å². The highest BCUT2D eigenvalue weighted by atomic mass is 35.5. The number of anilines is 1. The van der Waals surface area contributed by atoms with Crippen LogP contribution in [-0.4, -0.2) is 48.8 Å². The summed E-state index contributed by atoms with van der Waals surface area (Å²) in [6, 6.07) is 20.2. The van der Waals surface area contributed by atoms with Crippen molar-refractivity contribution in [2.75, 3.05) is 37.7 Å². The van der Waals surface area contributed by atoms with Gasteiger partial charge in [0.05, 0.1) is 10.7 Å². The minimum atomic E-state index is -0.345. The number of hydrogen-bond donors (Lipinski definition) is 1. The maximum absolute atomic E-state index is 10.3. The molecule has 1 N–H and O–H groups in total. The minimum absolute atomic E-state index is 0.218. The van der Waals surface area contributed by atoms with Crippen LogP contribution in [0.5, 0.6) is 17.2 Å². The monoisotopic (exact) mass is 558 g/mol. The normalized spacial score (nSPS) is 21.9. The number of benzene rings is 3. The van der Waals surface area contributed by atoms with E-state index in [2.05, 4.69) is 60.9 Å². The molecule has 3 aliphatic rings. The topological polar surface area (TPSA) is 45.2 Å². The molecule has 3 atom stereocenters. The Bertz CT molecular complexity index is 1400. The Balaban J connectivity index is 1.31. The number of rotatable bonds is 7. The molecule has 0 aromatic heterocycles. The third kappa shape index (κ3) is 5.29. The van der Waals surface area contributed by atoms with Gasteiger partial charge in [0.2, 0.25) is 0 Å². The highest BCUT2D eigenvalue weighted by molar-refractivity contribution is 6.35. The number of halogens is 1. The summed E-state index contributed by atoms with van der Waals surface area (Å²) in [5.41, 5.74) is 6.04. The molecule has 0 aliphatic carbocycles. The third-order valence-corrected chi connectivity index (χ3v) is 9.14. The Hall–Kier alpha value is -3.15. The van der Waals surface area contributed by atoms with Crippen LogP contribution in [0.3, 0.4) is 0 Å². The molecule has 3 aromatic carbocycles. The summed E-state index contributed by atoms with van der Waals surface area (Å²) in [5.74, 6) is 2.60. The van der Waals surface area contributed by atoms with Gasteiger partial charge in [0.15, 0.2) is 0 Å². The number of fused-ring (bicyclic) bond motifs is 1. The van der Waals surface area contributed by atoms with E-state index in [1.807, 2.05) is 18.2 Å². The quantitative estimate of drug-likeness (QED) is 0.320. The largest absolute Gasteiger partial charge is 0.508 e. The van der Waals surface area contributed by atoms with Crippen molar-refractivity contribution in [1.82, 2.24) is 4.90 Å². The lowest BCUT2D eigenvalue weighted by atomic mass is 9.86. The van der Waals surface area contributed by atoms with Crippen LogP contribution < -0.4 is 14.4 Å². The van der Waals surface area contributed by atoms with Gasteiger partial charge < -0.3 is 19.5 Å². The maximum atomic E-state index is 10.3. The first-order valence-corrected chi connectivity index (χ1v) is 15.0. The van der Waals surface area contributed by atoms with Gasteiger partial charge in [-0.25, -0.2) is 0 Å². The Morgan fingerprint density at radius 1 is 1.02 bits per heavy atom. The highest BCUT2D eigenvalue weighted by Crippen LogP contribution is 2.50. The molecule has 0 spiro atoms. The number of phenolic OH excluding ortho intramolecular Hbond substituents is 1. The first-order chi connectivity index (χ1) is 19.4. The molecule has 6 heteroatoms. The molecule has 40 heavy (non-hydrogen) atoms. The van der Waals surface area contributed by atoms with Gasteiger partial charge in [-0.15, -0.1) is 0 Å². The fourth-order valence-corrected chi connectivity index (χ4v) is 6.73. The minimum Gasteiger partial charge on any atom is -0.508 e. The number of hydrogen-bond acceptors (Lipinski definition) is 5. The fraction of sp³-hybridized carbons (Fsp3) is 0.412. The first kappa shape index (κ1) is 27.0. The lowest BCUT2D eigenvalue weighted by Gasteiger charge is -2.32. The first-order valence-electron chi connectivity index (χ1n) is 14.6. The Morgan fingerprint density at radius 2 is 1.80 bits per heavy atom. The second-order valence-corrected chi connectivity index (χ2v) is 12.0. The van der Waals surface area contributed by atoms with Crippen LogP contribution in [0.1, 0.15) is 62.8 Å². The molecule has 2 saturated heterocycles. The zero-order valence-corrected chi connectivity index (χ0v) is 24.5. The molecule has 6 rings (SSSR count). The molecule has 0 bridgehead atoms. The van der Waals surface area contributed by atoms with Gasteiger partial charge in [0.25, 0.3) is 0 Å². The molecule has 3 heterocycles. The summed E-state index contributed by atoms with van der Waals surface area (Å²) in [7, 11) is 0. The summed E-state index contributed by atoms with van der Waals surface area (Å²) in [4.78, 5) is 4.89. The molecular weight excluding hydrogens is 520 g/mol. The Labute approximate surface area is 243 Å². The molecule has 3 aliphatic heterocycles. The van der Waals surface area contributed by atoms with Gasteiger partial charge >= 0.3 is 0 Å². The van der Waals surface area contributed by atoms with Crippen molar-refractivity contribution in [3.05, 3.63) is 82.4 Å². The van der Waals surface area contributed by atoms with Crippen molar-refractivity contribution < 1.29 is 14.6 Å². The molecule has 0 amide bonds. The molecule has 0 radical (unpaired) electrons. The lowest BCUT2D eigenvalue weighted by Crippen LogP contribution is -2.35. The number of likely N-dealkylation sites (tertiary alicyclic amines) is 1. The molecule has 5 nitrogen and oxygen atoms in total. The highest BCUT2D eigenvalue weighted by Gasteiger charge is 2.32. The van der Waals surface area contributed by atoms with Crippen LogP contribution in [-0.2, 0) is 0 Å².